The molecule has 0 unspecified atom stereocenters. The monoisotopic (exact) mass is 283 g/mol. The van der Waals surface area contributed by atoms with Crippen molar-refractivity contribution in [3.05, 3.63) is 0 Å². The Bertz CT molecular complexity index is 299. The van der Waals surface area contributed by atoms with E-state index < -0.39 is 37.1 Å². The molecule has 0 heterocycles. The number of carboxylic acid groups (broad SMARTS) is 1. The van der Waals surface area contributed by atoms with Crippen LogP contribution in [0.1, 0.15) is 39.5 Å². The Kier molecular flexibility index (Phi) is 7.48. The zero-order chi connectivity index (χ0) is 15.1. The molecule has 112 valence electrons. The zero-order valence-corrected chi connectivity index (χ0v) is 11.2. The molecule has 1 amide bonds. The van der Waals surface area contributed by atoms with Gasteiger partial charge in [-0.3, -0.25) is 9.59 Å². The van der Waals surface area contributed by atoms with E-state index in [4.69, 9.17) is 5.11 Å². The molecule has 0 aromatic rings. The average Bonchev–Trinajstić information content (AvgIpc) is 2.24. The van der Waals surface area contributed by atoms with Gasteiger partial charge >= 0.3 is 12.1 Å². The number of hydrogen-bond acceptors (Lipinski definition) is 2. The summed E-state index contributed by atoms with van der Waals surface area (Å²) in [6, 6.07) is 0. The molecule has 0 radical (unpaired) electrons. The van der Waals surface area contributed by atoms with Gasteiger partial charge in [0.1, 0.15) is 13.1 Å². The van der Waals surface area contributed by atoms with E-state index in [1.165, 1.54) is 0 Å². The molecule has 0 aromatic heterocycles. The van der Waals surface area contributed by atoms with Crippen molar-refractivity contribution in [2.45, 2.75) is 45.7 Å². The van der Waals surface area contributed by atoms with Crippen molar-refractivity contribution < 1.29 is 27.9 Å². The van der Waals surface area contributed by atoms with Gasteiger partial charge in [-0.15, -0.1) is 0 Å². The van der Waals surface area contributed by atoms with Crippen LogP contribution in [-0.4, -0.2) is 41.1 Å². The number of aliphatic carboxylic acids is 1. The van der Waals surface area contributed by atoms with Gasteiger partial charge in [0, 0.05) is 5.92 Å². The summed E-state index contributed by atoms with van der Waals surface area (Å²) in [6.07, 6.45) is -2.30. The fourth-order valence-electron chi connectivity index (χ4n) is 1.94. The minimum atomic E-state index is -4.59. The number of carbonyl (C=O) groups excluding carboxylic acids is 1. The van der Waals surface area contributed by atoms with Crippen molar-refractivity contribution in [2.24, 2.45) is 5.92 Å². The summed E-state index contributed by atoms with van der Waals surface area (Å²) in [4.78, 5) is 23.0. The summed E-state index contributed by atoms with van der Waals surface area (Å²) in [5, 5.41) is 8.61. The van der Waals surface area contributed by atoms with Gasteiger partial charge in [-0.2, -0.15) is 13.2 Å². The van der Waals surface area contributed by atoms with E-state index in [0.29, 0.717) is 30.6 Å². The summed E-state index contributed by atoms with van der Waals surface area (Å²) in [5.41, 5.74) is 0. The van der Waals surface area contributed by atoms with Crippen LogP contribution in [0, 0.1) is 5.92 Å². The molecule has 0 aliphatic heterocycles. The van der Waals surface area contributed by atoms with E-state index in [-0.39, 0.29) is 0 Å². The molecule has 4 nitrogen and oxygen atoms in total. The first-order valence-electron chi connectivity index (χ1n) is 6.28. The fourth-order valence-corrected chi connectivity index (χ4v) is 1.94. The Morgan fingerprint density at radius 3 is 1.95 bits per heavy atom. The van der Waals surface area contributed by atoms with Crippen LogP contribution >= 0.6 is 0 Å². The minimum Gasteiger partial charge on any atom is -0.480 e. The number of carbonyl (C=O) groups is 2. The van der Waals surface area contributed by atoms with E-state index in [1.54, 1.807) is 0 Å². The lowest BCUT2D eigenvalue weighted by molar-refractivity contribution is -0.168. The smallest absolute Gasteiger partial charge is 0.406 e. The van der Waals surface area contributed by atoms with E-state index in [9.17, 15) is 22.8 Å². The average molecular weight is 283 g/mol. The van der Waals surface area contributed by atoms with E-state index >= 15 is 0 Å². The standard InChI is InChI=1S/C12H20F3NO3/c1-3-5-9(6-4-2)11(19)16(7-10(17)18)8-12(13,14)15/h9H,3-8H2,1-2H3,(H,17,18). The molecule has 0 atom stereocenters. The van der Waals surface area contributed by atoms with Gasteiger partial charge in [0.25, 0.3) is 0 Å². The number of nitrogens with zero attached hydrogens (tertiary/aromatic N) is 1. The van der Waals surface area contributed by atoms with Gasteiger partial charge in [0.2, 0.25) is 5.91 Å². The van der Waals surface area contributed by atoms with Gasteiger partial charge in [-0.05, 0) is 12.8 Å². The van der Waals surface area contributed by atoms with Crippen LogP contribution in [0.4, 0.5) is 13.2 Å². The molecule has 0 spiro atoms. The van der Waals surface area contributed by atoms with E-state index in [2.05, 4.69) is 0 Å². The van der Waals surface area contributed by atoms with Crippen LogP contribution in [0.3, 0.4) is 0 Å². The first kappa shape index (κ1) is 17.7. The number of amides is 1. The molecular weight excluding hydrogens is 263 g/mol. The van der Waals surface area contributed by atoms with Crippen molar-refractivity contribution >= 4 is 11.9 Å². The summed E-state index contributed by atoms with van der Waals surface area (Å²) >= 11 is 0. The van der Waals surface area contributed by atoms with Crippen molar-refractivity contribution in [1.82, 2.24) is 4.90 Å². The molecule has 0 aliphatic carbocycles. The van der Waals surface area contributed by atoms with Crippen LogP contribution in [0.25, 0.3) is 0 Å². The Morgan fingerprint density at radius 2 is 1.63 bits per heavy atom. The molecular formula is C12H20F3NO3. The Balaban J connectivity index is 4.89. The van der Waals surface area contributed by atoms with Gasteiger partial charge in [0.05, 0.1) is 0 Å². The largest absolute Gasteiger partial charge is 0.480 e. The molecule has 19 heavy (non-hydrogen) atoms. The predicted molar refractivity (Wildman–Crippen MR) is 63.6 cm³/mol. The third-order valence-corrected chi connectivity index (χ3v) is 2.63. The highest BCUT2D eigenvalue weighted by atomic mass is 19.4. The Morgan fingerprint density at radius 1 is 1.16 bits per heavy atom. The van der Waals surface area contributed by atoms with Gasteiger partial charge in [-0.25, -0.2) is 0 Å². The molecule has 0 fully saturated rings. The van der Waals surface area contributed by atoms with Crippen LogP contribution in [0.2, 0.25) is 0 Å². The maximum atomic E-state index is 12.4. The van der Waals surface area contributed by atoms with Crippen LogP contribution < -0.4 is 0 Å². The second-order valence-electron chi connectivity index (χ2n) is 4.48. The summed E-state index contributed by atoms with van der Waals surface area (Å²) < 4.78 is 37.1. The lowest BCUT2D eigenvalue weighted by Crippen LogP contribution is -2.44. The fraction of sp³-hybridized carbons (Fsp3) is 0.833. The Labute approximate surface area is 110 Å². The van der Waals surface area contributed by atoms with Gasteiger partial charge < -0.3 is 10.0 Å². The van der Waals surface area contributed by atoms with Crippen LogP contribution in [-0.2, 0) is 9.59 Å². The summed E-state index contributed by atoms with van der Waals surface area (Å²) in [5.74, 6) is -2.69. The first-order valence-corrected chi connectivity index (χ1v) is 6.28. The van der Waals surface area contributed by atoms with Gasteiger partial charge in [0.15, 0.2) is 0 Å². The highest BCUT2D eigenvalue weighted by Crippen LogP contribution is 2.21. The quantitative estimate of drug-likeness (QED) is 0.745. The molecule has 0 aromatic carbocycles. The highest BCUT2D eigenvalue weighted by Gasteiger charge is 2.35. The number of halogens is 3. The van der Waals surface area contributed by atoms with Crippen LogP contribution in [0.5, 0.6) is 0 Å². The first-order chi connectivity index (χ1) is 8.71. The minimum absolute atomic E-state index is 0.387. The normalized spacial score (nSPS) is 11.7. The lowest BCUT2D eigenvalue weighted by atomic mass is 9.96. The zero-order valence-electron chi connectivity index (χ0n) is 11.2. The van der Waals surface area contributed by atoms with E-state index in [1.807, 2.05) is 13.8 Å². The Hall–Kier alpha value is -1.27. The molecule has 0 bridgehead atoms. The van der Waals surface area contributed by atoms with Crippen molar-refractivity contribution in [3.63, 3.8) is 0 Å². The topological polar surface area (TPSA) is 57.6 Å². The molecule has 0 saturated carbocycles. The molecule has 0 rings (SSSR count). The van der Waals surface area contributed by atoms with Crippen LogP contribution in [0.15, 0.2) is 0 Å². The maximum absolute atomic E-state index is 12.4. The van der Waals surface area contributed by atoms with E-state index in [0.717, 1.165) is 0 Å². The lowest BCUT2D eigenvalue weighted by Gasteiger charge is -2.26. The van der Waals surface area contributed by atoms with Crippen molar-refractivity contribution in [1.29, 1.82) is 0 Å². The second-order valence-corrected chi connectivity index (χ2v) is 4.48. The molecule has 0 saturated heterocycles. The second kappa shape index (κ2) is 8.01. The van der Waals surface area contributed by atoms with Crippen molar-refractivity contribution in [3.8, 4) is 0 Å². The highest BCUT2D eigenvalue weighted by molar-refractivity contribution is 5.83. The number of alkyl halides is 3. The third kappa shape index (κ3) is 7.69. The molecule has 7 heteroatoms. The predicted octanol–water partition coefficient (Wildman–Crippen LogP) is 2.68. The molecule has 0 aliphatic rings. The summed E-state index contributed by atoms with van der Waals surface area (Å²) in [7, 11) is 0. The SMILES string of the molecule is CCCC(CCC)C(=O)N(CC(=O)O)CC(F)(F)F. The molecule has 1 N–H and O–H groups in total. The number of hydrogen-bond donors (Lipinski definition) is 1. The third-order valence-electron chi connectivity index (χ3n) is 2.63. The maximum Gasteiger partial charge on any atom is 0.406 e. The summed E-state index contributed by atoms with van der Waals surface area (Å²) in [6.45, 7) is 1.24. The number of rotatable bonds is 8. The van der Waals surface area contributed by atoms with Crippen molar-refractivity contribution in [2.75, 3.05) is 13.1 Å². The van der Waals surface area contributed by atoms with Gasteiger partial charge in [-0.1, -0.05) is 26.7 Å². The number of carboxylic acids is 1.